The molecule has 0 aromatic heterocycles. The standard InChI is InChI=1S/C17H28N2O/c1-4-6-16(12-18)17(20)19(11-5-2)13-15-9-7-14(3)8-10-15/h7-10,16H,4-6,11-13,18H2,1-3H3. The molecule has 0 bridgehead atoms. The molecule has 1 atom stereocenters. The van der Waals surface area contributed by atoms with Crippen molar-refractivity contribution in [1.82, 2.24) is 4.90 Å². The van der Waals surface area contributed by atoms with Crippen molar-refractivity contribution in [2.75, 3.05) is 13.1 Å². The summed E-state index contributed by atoms with van der Waals surface area (Å²) in [6, 6.07) is 8.39. The van der Waals surface area contributed by atoms with Crippen LogP contribution in [0.2, 0.25) is 0 Å². The van der Waals surface area contributed by atoms with Crippen molar-refractivity contribution in [3.63, 3.8) is 0 Å². The van der Waals surface area contributed by atoms with Crippen LogP contribution < -0.4 is 5.73 Å². The second-order valence-corrected chi connectivity index (χ2v) is 5.47. The minimum absolute atomic E-state index is 0.0306. The minimum Gasteiger partial charge on any atom is -0.338 e. The van der Waals surface area contributed by atoms with Crippen molar-refractivity contribution in [3.8, 4) is 0 Å². The Balaban J connectivity index is 2.76. The molecule has 0 heterocycles. The molecule has 0 saturated carbocycles. The van der Waals surface area contributed by atoms with Crippen LogP contribution in [0.15, 0.2) is 24.3 Å². The van der Waals surface area contributed by atoms with Crippen LogP contribution in [0.1, 0.15) is 44.2 Å². The van der Waals surface area contributed by atoms with Crippen LogP contribution in [0.25, 0.3) is 0 Å². The van der Waals surface area contributed by atoms with Gasteiger partial charge in [0.2, 0.25) is 5.91 Å². The lowest BCUT2D eigenvalue weighted by Gasteiger charge is -2.26. The number of hydrogen-bond acceptors (Lipinski definition) is 2. The Hall–Kier alpha value is -1.35. The number of aryl methyl sites for hydroxylation is 1. The van der Waals surface area contributed by atoms with Gasteiger partial charge in [0.15, 0.2) is 0 Å². The average Bonchev–Trinajstić information content (AvgIpc) is 2.46. The van der Waals surface area contributed by atoms with Gasteiger partial charge in [0.05, 0.1) is 5.92 Å². The maximum Gasteiger partial charge on any atom is 0.227 e. The van der Waals surface area contributed by atoms with Gasteiger partial charge >= 0.3 is 0 Å². The number of rotatable bonds is 8. The first-order chi connectivity index (χ1) is 9.62. The Morgan fingerprint density at radius 1 is 1.20 bits per heavy atom. The molecule has 1 unspecified atom stereocenters. The number of amides is 1. The normalized spacial score (nSPS) is 12.2. The summed E-state index contributed by atoms with van der Waals surface area (Å²) in [5.41, 5.74) is 8.19. The molecule has 0 fully saturated rings. The summed E-state index contributed by atoms with van der Waals surface area (Å²) in [7, 11) is 0. The molecule has 20 heavy (non-hydrogen) atoms. The van der Waals surface area contributed by atoms with E-state index in [1.807, 2.05) is 4.90 Å². The molecule has 2 N–H and O–H groups in total. The van der Waals surface area contributed by atoms with Gasteiger partial charge in [-0.15, -0.1) is 0 Å². The van der Waals surface area contributed by atoms with Crippen molar-refractivity contribution >= 4 is 5.91 Å². The SMILES string of the molecule is CCCC(CN)C(=O)N(CCC)Cc1ccc(C)cc1. The molecule has 3 nitrogen and oxygen atoms in total. The van der Waals surface area contributed by atoms with Gasteiger partial charge < -0.3 is 10.6 Å². The largest absolute Gasteiger partial charge is 0.338 e. The minimum atomic E-state index is -0.0306. The maximum absolute atomic E-state index is 12.6. The fourth-order valence-electron chi connectivity index (χ4n) is 2.40. The molecule has 3 heteroatoms. The van der Waals surface area contributed by atoms with E-state index in [9.17, 15) is 4.79 Å². The van der Waals surface area contributed by atoms with E-state index < -0.39 is 0 Å². The Morgan fingerprint density at radius 3 is 2.35 bits per heavy atom. The van der Waals surface area contributed by atoms with Crippen LogP contribution >= 0.6 is 0 Å². The summed E-state index contributed by atoms with van der Waals surface area (Å²) < 4.78 is 0. The predicted octanol–water partition coefficient (Wildman–Crippen LogP) is 3.11. The van der Waals surface area contributed by atoms with Gasteiger partial charge in [-0.1, -0.05) is 50.1 Å². The van der Waals surface area contributed by atoms with E-state index in [0.29, 0.717) is 13.1 Å². The first-order valence-electron chi connectivity index (χ1n) is 7.66. The molecule has 0 saturated heterocycles. The lowest BCUT2D eigenvalue weighted by atomic mass is 10.0. The fraction of sp³-hybridized carbons (Fsp3) is 0.588. The molecule has 0 aliphatic carbocycles. The van der Waals surface area contributed by atoms with Crippen molar-refractivity contribution in [2.45, 2.75) is 46.6 Å². The van der Waals surface area contributed by atoms with Crippen molar-refractivity contribution in [1.29, 1.82) is 0 Å². The second kappa shape index (κ2) is 8.75. The molecule has 0 aliphatic heterocycles. The Bertz CT molecular complexity index is 400. The zero-order valence-electron chi connectivity index (χ0n) is 13.1. The first kappa shape index (κ1) is 16.7. The topological polar surface area (TPSA) is 46.3 Å². The van der Waals surface area contributed by atoms with Gasteiger partial charge in [-0.3, -0.25) is 4.79 Å². The Morgan fingerprint density at radius 2 is 1.85 bits per heavy atom. The van der Waals surface area contributed by atoms with Crippen LogP contribution in [0, 0.1) is 12.8 Å². The summed E-state index contributed by atoms with van der Waals surface area (Å²) in [4.78, 5) is 14.5. The molecule has 0 radical (unpaired) electrons. The number of hydrogen-bond donors (Lipinski definition) is 1. The Labute approximate surface area is 123 Å². The van der Waals surface area contributed by atoms with Gasteiger partial charge in [-0.25, -0.2) is 0 Å². The quantitative estimate of drug-likeness (QED) is 0.793. The van der Waals surface area contributed by atoms with Gasteiger partial charge in [0.1, 0.15) is 0 Å². The van der Waals surface area contributed by atoms with E-state index >= 15 is 0 Å². The Kier molecular flexibility index (Phi) is 7.31. The van der Waals surface area contributed by atoms with E-state index in [-0.39, 0.29) is 11.8 Å². The third-order valence-electron chi connectivity index (χ3n) is 3.57. The van der Waals surface area contributed by atoms with Crippen LogP contribution in [0.4, 0.5) is 0 Å². The summed E-state index contributed by atoms with van der Waals surface area (Å²) in [6.07, 6.45) is 2.85. The van der Waals surface area contributed by atoms with Crippen molar-refractivity contribution in [2.24, 2.45) is 11.7 Å². The highest BCUT2D eigenvalue weighted by atomic mass is 16.2. The monoisotopic (exact) mass is 276 g/mol. The number of carbonyl (C=O) groups excluding carboxylic acids is 1. The molecule has 0 spiro atoms. The summed E-state index contributed by atoms with van der Waals surface area (Å²) >= 11 is 0. The summed E-state index contributed by atoms with van der Waals surface area (Å²) in [6.45, 7) is 8.21. The highest BCUT2D eigenvalue weighted by Crippen LogP contribution is 2.14. The molecule has 1 aromatic rings. The van der Waals surface area contributed by atoms with E-state index in [2.05, 4.69) is 45.0 Å². The smallest absolute Gasteiger partial charge is 0.227 e. The van der Waals surface area contributed by atoms with E-state index in [0.717, 1.165) is 25.8 Å². The zero-order valence-corrected chi connectivity index (χ0v) is 13.1. The number of benzene rings is 1. The second-order valence-electron chi connectivity index (χ2n) is 5.47. The molecule has 1 aromatic carbocycles. The fourth-order valence-corrected chi connectivity index (χ4v) is 2.40. The van der Waals surface area contributed by atoms with Crippen molar-refractivity contribution < 1.29 is 4.79 Å². The molecule has 1 rings (SSSR count). The number of nitrogens with zero attached hydrogens (tertiary/aromatic N) is 1. The number of carbonyl (C=O) groups is 1. The average molecular weight is 276 g/mol. The van der Waals surface area contributed by atoms with Crippen LogP contribution in [0.3, 0.4) is 0 Å². The lowest BCUT2D eigenvalue weighted by molar-refractivity contribution is -0.136. The highest BCUT2D eigenvalue weighted by Gasteiger charge is 2.22. The molecule has 112 valence electrons. The molecular weight excluding hydrogens is 248 g/mol. The lowest BCUT2D eigenvalue weighted by Crippen LogP contribution is -2.39. The molecular formula is C17H28N2O. The number of nitrogens with two attached hydrogens (primary N) is 1. The maximum atomic E-state index is 12.6. The first-order valence-corrected chi connectivity index (χ1v) is 7.66. The predicted molar refractivity (Wildman–Crippen MR) is 84.3 cm³/mol. The van der Waals surface area contributed by atoms with Crippen molar-refractivity contribution in [3.05, 3.63) is 35.4 Å². The van der Waals surface area contributed by atoms with Crippen LogP contribution in [0.5, 0.6) is 0 Å². The van der Waals surface area contributed by atoms with E-state index in [1.165, 1.54) is 11.1 Å². The van der Waals surface area contributed by atoms with Gasteiger partial charge in [-0.05, 0) is 25.3 Å². The molecule has 1 amide bonds. The third-order valence-corrected chi connectivity index (χ3v) is 3.57. The highest BCUT2D eigenvalue weighted by molar-refractivity contribution is 5.79. The third kappa shape index (κ3) is 4.97. The van der Waals surface area contributed by atoms with Gasteiger partial charge in [0, 0.05) is 19.6 Å². The van der Waals surface area contributed by atoms with Gasteiger partial charge in [-0.2, -0.15) is 0 Å². The van der Waals surface area contributed by atoms with Crippen LogP contribution in [-0.4, -0.2) is 23.9 Å². The van der Waals surface area contributed by atoms with E-state index in [4.69, 9.17) is 5.73 Å². The van der Waals surface area contributed by atoms with E-state index in [1.54, 1.807) is 0 Å². The van der Waals surface area contributed by atoms with Crippen LogP contribution in [-0.2, 0) is 11.3 Å². The van der Waals surface area contributed by atoms with Gasteiger partial charge in [0.25, 0.3) is 0 Å². The molecule has 0 aliphatic rings. The summed E-state index contributed by atoms with van der Waals surface area (Å²) in [5, 5.41) is 0. The summed E-state index contributed by atoms with van der Waals surface area (Å²) in [5.74, 6) is 0.175. The zero-order chi connectivity index (χ0) is 15.0.